The number of nitrogens with one attached hydrogen (secondary N) is 1. The normalized spacial score (nSPS) is 24.7. The van der Waals surface area contributed by atoms with Crippen LogP contribution >= 0.6 is 0 Å². The first-order valence-electron chi connectivity index (χ1n) is 16.8. The highest BCUT2D eigenvalue weighted by atomic mass is 19.4. The van der Waals surface area contributed by atoms with Gasteiger partial charge in [0.1, 0.15) is 6.04 Å². The smallest absolute Gasteiger partial charge is 0.395 e. The molecule has 9 nitrogen and oxygen atoms in total. The number of hydrogen-bond acceptors (Lipinski definition) is 7. The monoisotopic (exact) mass is 681 g/mol. The number of hydrogen-bond donors (Lipinski definition) is 3. The zero-order valence-corrected chi connectivity index (χ0v) is 27.1. The highest BCUT2D eigenvalue weighted by Crippen LogP contribution is 2.39. The van der Waals surface area contributed by atoms with Crippen molar-refractivity contribution in [2.24, 2.45) is 0 Å². The number of benzene rings is 3. The molecule has 6 rings (SSSR count). The summed E-state index contributed by atoms with van der Waals surface area (Å²) in [5.74, 6) is -2.59. The van der Waals surface area contributed by atoms with Crippen LogP contribution in [0.15, 0.2) is 72.8 Å². The molecule has 3 aromatic rings. The summed E-state index contributed by atoms with van der Waals surface area (Å²) in [6, 6.07) is 22.1. The molecule has 0 aromatic heterocycles. The van der Waals surface area contributed by atoms with Gasteiger partial charge in [-0.15, -0.1) is 0 Å². The van der Waals surface area contributed by atoms with Crippen molar-refractivity contribution in [3.8, 4) is 11.1 Å². The molecule has 5 atom stereocenters. The molecule has 0 saturated carbocycles. The highest BCUT2D eigenvalue weighted by Gasteiger charge is 2.47. The Kier molecular flexibility index (Phi) is 11.0. The first kappa shape index (κ1) is 35.0. The van der Waals surface area contributed by atoms with Crippen molar-refractivity contribution >= 4 is 11.8 Å². The second-order valence-electron chi connectivity index (χ2n) is 13.0. The minimum atomic E-state index is -5.02. The average molecular weight is 682 g/mol. The molecule has 0 radical (unpaired) electrons. The molecule has 0 aliphatic carbocycles. The van der Waals surface area contributed by atoms with Crippen LogP contribution in [0.1, 0.15) is 66.8 Å². The second-order valence-corrected chi connectivity index (χ2v) is 13.0. The molecule has 3 heterocycles. The molecule has 3 saturated heterocycles. The number of amides is 2. The fourth-order valence-electron chi connectivity index (χ4n) is 7.11. The molecule has 3 N–H and O–H groups in total. The summed E-state index contributed by atoms with van der Waals surface area (Å²) in [4.78, 5) is 27.6. The topological polar surface area (TPSA) is 112 Å². The van der Waals surface area contributed by atoms with Crippen molar-refractivity contribution in [3.63, 3.8) is 0 Å². The van der Waals surface area contributed by atoms with E-state index in [1.807, 2.05) is 72.8 Å². The summed E-state index contributed by atoms with van der Waals surface area (Å²) < 4.78 is 52.2. The Morgan fingerprint density at radius 1 is 0.857 bits per heavy atom. The van der Waals surface area contributed by atoms with E-state index in [0.29, 0.717) is 24.3 Å². The largest absolute Gasteiger partial charge is 0.471 e. The lowest BCUT2D eigenvalue weighted by Gasteiger charge is -2.38. The van der Waals surface area contributed by atoms with Gasteiger partial charge in [-0.2, -0.15) is 13.2 Å². The van der Waals surface area contributed by atoms with E-state index in [1.54, 1.807) is 0 Å². The van der Waals surface area contributed by atoms with Gasteiger partial charge in [-0.1, -0.05) is 60.7 Å². The van der Waals surface area contributed by atoms with Crippen LogP contribution in [0.3, 0.4) is 0 Å². The van der Waals surface area contributed by atoms with Crippen LogP contribution in [0, 0.1) is 0 Å². The first-order valence-corrected chi connectivity index (χ1v) is 16.8. The third-order valence-electron chi connectivity index (χ3n) is 9.71. The van der Waals surface area contributed by atoms with Gasteiger partial charge in [-0.3, -0.25) is 14.5 Å². The highest BCUT2D eigenvalue weighted by molar-refractivity contribution is 5.90. The molecule has 262 valence electrons. The average Bonchev–Trinajstić information content (AvgIpc) is 3.80. The molecule has 12 heteroatoms. The van der Waals surface area contributed by atoms with Crippen LogP contribution < -0.4 is 5.32 Å². The number of halogens is 3. The minimum absolute atomic E-state index is 0.0415. The summed E-state index contributed by atoms with van der Waals surface area (Å²) in [7, 11) is 0. The SMILES string of the molecule is O=C(NCc1cccc(-c2cccc([C@@H]3O[C@H](CN4CCC[C@H]4CO)C[C@H](c4ccc(CO)cc4)O3)c2)c1)[C@@H]1CCCN1C(=O)C(F)(F)F. The van der Waals surface area contributed by atoms with Gasteiger partial charge in [-0.05, 0) is 72.2 Å². The summed E-state index contributed by atoms with van der Waals surface area (Å²) in [6.45, 7) is 1.64. The van der Waals surface area contributed by atoms with Crippen LogP contribution in [-0.2, 0) is 32.2 Å². The molecule has 3 aromatic carbocycles. The molecule has 0 unspecified atom stereocenters. The fourth-order valence-corrected chi connectivity index (χ4v) is 7.11. The number of rotatable bonds is 10. The van der Waals surface area contributed by atoms with Gasteiger partial charge in [0.2, 0.25) is 5.91 Å². The second kappa shape index (κ2) is 15.4. The summed E-state index contributed by atoms with van der Waals surface area (Å²) in [6.07, 6.45) is -2.93. The van der Waals surface area contributed by atoms with Crippen molar-refractivity contribution in [1.29, 1.82) is 0 Å². The van der Waals surface area contributed by atoms with E-state index in [-0.39, 0.29) is 51.0 Å². The predicted molar refractivity (Wildman–Crippen MR) is 175 cm³/mol. The van der Waals surface area contributed by atoms with E-state index in [4.69, 9.17) is 9.47 Å². The maximum Gasteiger partial charge on any atom is 0.471 e. The van der Waals surface area contributed by atoms with Crippen LogP contribution in [0.4, 0.5) is 13.2 Å². The van der Waals surface area contributed by atoms with Gasteiger partial charge in [0.05, 0.1) is 25.4 Å². The standard InChI is InChI=1S/C37H42F3N3O6/c38-37(39,40)36(47)43-16-4-10-32(43)34(46)41-20-25-5-1-6-27(17-25)28-7-2-8-29(18-28)35-48-31(21-42-15-3-9-30(42)23-45)19-33(49-35)26-13-11-24(22-44)12-14-26/h1-2,5-8,11-14,17-18,30-33,35,44-45H,3-4,9-10,15-16,19-23H2,(H,41,46)/t30-,31-,32-,33+,35+/m0/s1. The third kappa shape index (κ3) is 8.33. The lowest BCUT2D eigenvalue weighted by Crippen LogP contribution is -2.50. The number of aliphatic hydroxyl groups excluding tert-OH is 2. The number of ether oxygens (including phenoxy) is 2. The van der Waals surface area contributed by atoms with E-state index < -0.39 is 30.3 Å². The van der Waals surface area contributed by atoms with Crippen molar-refractivity contribution in [3.05, 3.63) is 95.1 Å². The molecule has 3 aliphatic heterocycles. The molecule has 2 amide bonds. The molecular weight excluding hydrogens is 639 g/mol. The van der Waals surface area contributed by atoms with Crippen LogP contribution in [0.25, 0.3) is 11.1 Å². The van der Waals surface area contributed by atoms with Crippen molar-refractivity contribution in [2.75, 3.05) is 26.2 Å². The molecular formula is C37H42F3N3O6. The van der Waals surface area contributed by atoms with Gasteiger partial charge in [0.15, 0.2) is 6.29 Å². The van der Waals surface area contributed by atoms with Gasteiger partial charge < -0.3 is 29.9 Å². The molecule has 3 fully saturated rings. The Morgan fingerprint density at radius 3 is 2.33 bits per heavy atom. The summed E-state index contributed by atoms with van der Waals surface area (Å²) >= 11 is 0. The maximum atomic E-state index is 13.0. The number of alkyl halides is 3. The first-order chi connectivity index (χ1) is 23.6. The number of likely N-dealkylation sites (tertiary alicyclic amines) is 2. The minimum Gasteiger partial charge on any atom is -0.395 e. The zero-order chi connectivity index (χ0) is 34.5. The maximum absolute atomic E-state index is 13.0. The van der Waals surface area contributed by atoms with E-state index >= 15 is 0 Å². The van der Waals surface area contributed by atoms with Crippen molar-refractivity contribution in [2.45, 2.75) is 82.0 Å². The van der Waals surface area contributed by atoms with Crippen LogP contribution in [0.2, 0.25) is 0 Å². The van der Waals surface area contributed by atoms with Gasteiger partial charge in [-0.25, -0.2) is 0 Å². The van der Waals surface area contributed by atoms with Crippen LogP contribution in [0.5, 0.6) is 0 Å². The molecule has 0 bridgehead atoms. The Balaban J connectivity index is 1.17. The quantitative estimate of drug-likeness (QED) is 0.276. The third-order valence-corrected chi connectivity index (χ3v) is 9.71. The Morgan fingerprint density at radius 2 is 1.59 bits per heavy atom. The fraction of sp³-hybridized carbons (Fsp3) is 0.459. The van der Waals surface area contributed by atoms with Crippen molar-refractivity contribution in [1.82, 2.24) is 15.1 Å². The Bertz CT molecular complexity index is 1600. The van der Waals surface area contributed by atoms with E-state index in [9.17, 15) is 33.0 Å². The van der Waals surface area contributed by atoms with Crippen molar-refractivity contribution < 1.29 is 42.4 Å². The Hall–Kier alpha value is -3.81. The number of aliphatic hydroxyl groups is 2. The number of carbonyl (C=O) groups is 2. The summed E-state index contributed by atoms with van der Waals surface area (Å²) in [5, 5.41) is 22.1. The number of nitrogens with zero attached hydrogens (tertiary/aromatic N) is 2. The molecule has 49 heavy (non-hydrogen) atoms. The van der Waals surface area contributed by atoms with Gasteiger partial charge in [0.25, 0.3) is 0 Å². The zero-order valence-electron chi connectivity index (χ0n) is 27.1. The lowest BCUT2D eigenvalue weighted by molar-refractivity contribution is -0.253. The molecule has 3 aliphatic rings. The van der Waals surface area contributed by atoms with E-state index in [2.05, 4.69) is 10.2 Å². The predicted octanol–water partition coefficient (Wildman–Crippen LogP) is 5.02. The van der Waals surface area contributed by atoms with Gasteiger partial charge >= 0.3 is 12.1 Å². The lowest BCUT2D eigenvalue weighted by atomic mass is 9.98. The van der Waals surface area contributed by atoms with Crippen LogP contribution in [-0.4, -0.2) is 82.4 Å². The molecule has 0 spiro atoms. The number of carbonyl (C=O) groups excluding carboxylic acids is 2. The van der Waals surface area contributed by atoms with Gasteiger partial charge in [0, 0.05) is 37.7 Å². The van der Waals surface area contributed by atoms with E-state index in [1.165, 1.54) is 0 Å². The summed E-state index contributed by atoms with van der Waals surface area (Å²) in [5.41, 5.74) is 5.15. The Labute approximate surface area is 283 Å². The van der Waals surface area contributed by atoms with E-state index in [0.717, 1.165) is 52.8 Å².